The lowest BCUT2D eigenvalue weighted by Gasteiger charge is -1.94. The normalized spacial score (nSPS) is 10.4. The Labute approximate surface area is 84.9 Å². The van der Waals surface area contributed by atoms with Crippen molar-refractivity contribution in [1.82, 2.24) is 9.97 Å². The first-order chi connectivity index (χ1) is 6.77. The van der Waals surface area contributed by atoms with E-state index in [1.54, 1.807) is 6.20 Å². The van der Waals surface area contributed by atoms with Crippen LogP contribution < -0.4 is 0 Å². The van der Waals surface area contributed by atoms with Gasteiger partial charge in [-0.25, -0.2) is 4.98 Å². The van der Waals surface area contributed by atoms with E-state index in [4.69, 9.17) is 0 Å². The van der Waals surface area contributed by atoms with Crippen LogP contribution in [0.3, 0.4) is 0 Å². The summed E-state index contributed by atoms with van der Waals surface area (Å²) < 4.78 is 0. The highest BCUT2D eigenvalue weighted by Gasteiger charge is 2.07. The fourth-order valence-electron chi connectivity index (χ4n) is 1.34. The van der Waals surface area contributed by atoms with Crippen LogP contribution in [-0.4, -0.2) is 15.8 Å². The van der Waals surface area contributed by atoms with Crippen LogP contribution in [0.5, 0.6) is 0 Å². The molecule has 0 radical (unpaired) electrons. The molecule has 1 heterocycles. The summed E-state index contributed by atoms with van der Waals surface area (Å²) in [4.78, 5) is 18.7. The van der Waals surface area contributed by atoms with E-state index in [1.807, 2.05) is 6.92 Å². The molecule has 0 aliphatic carbocycles. The largest absolute Gasteiger partial charge is 0.340 e. The van der Waals surface area contributed by atoms with Gasteiger partial charge in [0.05, 0.1) is 6.20 Å². The number of aryl methyl sites for hydroxylation is 1. The number of nitrogens with zero attached hydrogens (tertiary/aromatic N) is 1. The van der Waals surface area contributed by atoms with Crippen molar-refractivity contribution in [2.24, 2.45) is 0 Å². The third-order valence-electron chi connectivity index (χ3n) is 2.17. The molecule has 1 aromatic rings. The van der Waals surface area contributed by atoms with Crippen LogP contribution in [0.4, 0.5) is 0 Å². The number of hydrogen-bond acceptors (Lipinski definition) is 2. The lowest BCUT2D eigenvalue weighted by molar-refractivity contribution is 0.0977. The van der Waals surface area contributed by atoms with Gasteiger partial charge < -0.3 is 4.98 Å². The van der Waals surface area contributed by atoms with Gasteiger partial charge in [0.1, 0.15) is 11.5 Å². The van der Waals surface area contributed by atoms with E-state index in [-0.39, 0.29) is 5.78 Å². The van der Waals surface area contributed by atoms with E-state index in [0.29, 0.717) is 12.1 Å². The zero-order valence-electron chi connectivity index (χ0n) is 8.97. The van der Waals surface area contributed by atoms with Crippen LogP contribution >= 0.6 is 0 Å². The molecular weight excluding hydrogens is 176 g/mol. The zero-order valence-corrected chi connectivity index (χ0v) is 8.97. The average Bonchev–Trinajstić information content (AvgIpc) is 2.63. The average molecular weight is 194 g/mol. The molecule has 0 aliphatic heterocycles. The minimum absolute atomic E-state index is 0.169. The molecular formula is C11H18N2O. The van der Waals surface area contributed by atoms with Crippen molar-refractivity contribution in [1.29, 1.82) is 0 Å². The van der Waals surface area contributed by atoms with Crippen molar-refractivity contribution in [3.63, 3.8) is 0 Å². The SMILES string of the molecule is CCCCc1ncc(C(=O)CCC)[nH]1. The summed E-state index contributed by atoms with van der Waals surface area (Å²) in [7, 11) is 0. The molecule has 14 heavy (non-hydrogen) atoms. The lowest BCUT2D eigenvalue weighted by atomic mass is 10.2. The Kier molecular flexibility index (Phi) is 4.36. The number of H-pyrrole nitrogens is 1. The standard InChI is InChI=1S/C11H18N2O/c1-3-5-7-11-12-8-9(13-11)10(14)6-4-2/h8H,3-7H2,1-2H3,(H,12,13). The second-order valence-corrected chi connectivity index (χ2v) is 3.52. The number of hydrogen-bond donors (Lipinski definition) is 1. The smallest absolute Gasteiger partial charge is 0.180 e. The Hall–Kier alpha value is -1.12. The fourth-order valence-corrected chi connectivity index (χ4v) is 1.34. The maximum Gasteiger partial charge on any atom is 0.180 e. The Balaban J connectivity index is 2.54. The second kappa shape index (κ2) is 5.58. The summed E-state index contributed by atoms with van der Waals surface area (Å²) in [5, 5.41) is 0. The number of nitrogens with one attached hydrogen (secondary N) is 1. The second-order valence-electron chi connectivity index (χ2n) is 3.52. The highest BCUT2D eigenvalue weighted by Crippen LogP contribution is 2.05. The number of carbonyl (C=O) groups excluding carboxylic acids is 1. The first-order valence-corrected chi connectivity index (χ1v) is 5.35. The lowest BCUT2D eigenvalue weighted by Crippen LogP contribution is -1.98. The minimum atomic E-state index is 0.169. The van der Waals surface area contributed by atoms with Gasteiger partial charge in [0.2, 0.25) is 0 Å². The van der Waals surface area contributed by atoms with E-state index < -0.39 is 0 Å². The summed E-state index contributed by atoms with van der Waals surface area (Å²) in [5.74, 6) is 1.11. The highest BCUT2D eigenvalue weighted by atomic mass is 16.1. The number of aromatic amines is 1. The summed E-state index contributed by atoms with van der Waals surface area (Å²) in [6.07, 6.45) is 6.37. The Morgan fingerprint density at radius 3 is 2.86 bits per heavy atom. The molecule has 0 saturated carbocycles. The first-order valence-electron chi connectivity index (χ1n) is 5.35. The molecule has 0 saturated heterocycles. The number of rotatable bonds is 6. The quantitative estimate of drug-likeness (QED) is 0.708. The summed E-state index contributed by atoms with van der Waals surface area (Å²) in [6, 6.07) is 0. The number of unbranched alkanes of at least 4 members (excludes halogenated alkanes) is 1. The minimum Gasteiger partial charge on any atom is -0.340 e. The summed E-state index contributed by atoms with van der Waals surface area (Å²) >= 11 is 0. The van der Waals surface area contributed by atoms with Crippen molar-refractivity contribution in [2.75, 3.05) is 0 Å². The molecule has 0 atom stereocenters. The van der Waals surface area contributed by atoms with E-state index in [2.05, 4.69) is 16.9 Å². The van der Waals surface area contributed by atoms with Gasteiger partial charge in [-0.1, -0.05) is 20.3 Å². The first kappa shape index (κ1) is 11.0. The molecule has 1 aromatic heterocycles. The molecule has 0 fully saturated rings. The molecule has 0 aromatic carbocycles. The third-order valence-corrected chi connectivity index (χ3v) is 2.17. The highest BCUT2D eigenvalue weighted by molar-refractivity contribution is 5.93. The molecule has 0 bridgehead atoms. The third kappa shape index (κ3) is 2.98. The van der Waals surface area contributed by atoms with Gasteiger partial charge in [-0.3, -0.25) is 4.79 Å². The molecule has 78 valence electrons. The number of ketones is 1. The number of aromatic nitrogens is 2. The number of Topliss-reactive ketones (excluding diaryl/α,β-unsaturated/α-hetero) is 1. The molecule has 0 spiro atoms. The van der Waals surface area contributed by atoms with Crippen LogP contribution in [0.2, 0.25) is 0 Å². The summed E-state index contributed by atoms with van der Waals surface area (Å²) in [6.45, 7) is 4.15. The van der Waals surface area contributed by atoms with E-state index >= 15 is 0 Å². The van der Waals surface area contributed by atoms with E-state index in [0.717, 1.165) is 31.5 Å². The van der Waals surface area contributed by atoms with Crippen LogP contribution in [0.1, 0.15) is 55.8 Å². The predicted octanol–water partition coefficient (Wildman–Crippen LogP) is 2.74. The van der Waals surface area contributed by atoms with Gasteiger partial charge in [-0.2, -0.15) is 0 Å². The zero-order chi connectivity index (χ0) is 10.4. The van der Waals surface area contributed by atoms with Crippen molar-refractivity contribution in [3.05, 3.63) is 17.7 Å². The molecule has 0 amide bonds. The molecule has 0 unspecified atom stereocenters. The van der Waals surface area contributed by atoms with Crippen LogP contribution in [-0.2, 0) is 6.42 Å². The van der Waals surface area contributed by atoms with Crippen LogP contribution in [0.15, 0.2) is 6.20 Å². The fraction of sp³-hybridized carbons (Fsp3) is 0.636. The molecule has 3 nitrogen and oxygen atoms in total. The molecule has 1 N–H and O–H groups in total. The maximum atomic E-state index is 11.5. The monoisotopic (exact) mass is 194 g/mol. The topological polar surface area (TPSA) is 45.8 Å². The van der Waals surface area contributed by atoms with Crippen molar-refractivity contribution >= 4 is 5.78 Å². The number of carbonyl (C=O) groups is 1. The maximum absolute atomic E-state index is 11.5. The van der Waals surface area contributed by atoms with Gasteiger partial charge in [0.15, 0.2) is 5.78 Å². The van der Waals surface area contributed by atoms with E-state index in [1.165, 1.54) is 0 Å². The molecule has 3 heteroatoms. The van der Waals surface area contributed by atoms with E-state index in [9.17, 15) is 4.79 Å². The van der Waals surface area contributed by atoms with Gasteiger partial charge in [0.25, 0.3) is 0 Å². The Morgan fingerprint density at radius 1 is 1.43 bits per heavy atom. The number of imidazole rings is 1. The van der Waals surface area contributed by atoms with Crippen molar-refractivity contribution in [2.45, 2.75) is 46.0 Å². The molecule has 0 aliphatic rings. The van der Waals surface area contributed by atoms with Gasteiger partial charge >= 0.3 is 0 Å². The predicted molar refractivity (Wildman–Crippen MR) is 56.4 cm³/mol. The van der Waals surface area contributed by atoms with Crippen molar-refractivity contribution in [3.8, 4) is 0 Å². The van der Waals surface area contributed by atoms with Crippen LogP contribution in [0.25, 0.3) is 0 Å². The van der Waals surface area contributed by atoms with Crippen LogP contribution in [0, 0.1) is 0 Å². The Morgan fingerprint density at radius 2 is 2.21 bits per heavy atom. The van der Waals surface area contributed by atoms with Crippen molar-refractivity contribution < 1.29 is 4.79 Å². The van der Waals surface area contributed by atoms with Gasteiger partial charge in [0, 0.05) is 12.8 Å². The Bertz CT molecular complexity index is 291. The molecule has 1 rings (SSSR count). The van der Waals surface area contributed by atoms with Gasteiger partial charge in [-0.15, -0.1) is 0 Å². The summed E-state index contributed by atoms with van der Waals surface area (Å²) in [5.41, 5.74) is 0.665. The van der Waals surface area contributed by atoms with Gasteiger partial charge in [-0.05, 0) is 12.8 Å².